The van der Waals surface area contributed by atoms with Crippen molar-refractivity contribution in [3.05, 3.63) is 82.4 Å². The van der Waals surface area contributed by atoms with Crippen molar-refractivity contribution in [3.63, 3.8) is 0 Å². The molecule has 0 saturated heterocycles. The van der Waals surface area contributed by atoms with Crippen LogP contribution >= 0.6 is 0 Å². The van der Waals surface area contributed by atoms with Crippen LogP contribution in [0.5, 0.6) is 0 Å². The Morgan fingerprint density at radius 1 is 0.933 bits per heavy atom. The number of nitrogens with one attached hydrogen (secondary N) is 1. The van der Waals surface area contributed by atoms with E-state index in [1.54, 1.807) is 28.9 Å². The predicted octanol–water partition coefficient (Wildman–Crippen LogP) is 2.18. The van der Waals surface area contributed by atoms with Gasteiger partial charge in [-0.3, -0.25) is 4.79 Å². The minimum Gasteiger partial charge on any atom is -0.268 e. The van der Waals surface area contributed by atoms with Gasteiger partial charge in [0, 0.05) is 18.3 Å². The van der Waals surface area contributed by atoms with Gasteiger partial charge in [0.1, 0.15) is 0 Å². The Bertz CT molecular complexity index is 1390. The fourth-order valence-electron chi connectivity index (χ4n) is 3.28. The summed E-state index contributed by atoms with van der Waals surface area (Å²) in [4.78, 5) is 12.3. The summed E-state index contributed by atoms with van der Waals surface area (Å²) in [5.41, 5.74) is 1.42. The Labute approximate surface area is 173 Å². The Hall–Kier alpha value is -3.30. The van der Waals surface area contributed by atoms with E-state index in [4.69, 9.17) is 0 Å². The van der Waals surface area contributed by atoms with Gasteiger partial charge >= 0.3 is 0 Å². The molecule has 2 aromatic carbocycles. The number of hydrogen-bond donors (Lipinski definition) is 1. The molecule has 0 radical (unpaired) electrons. The number of rotatable bonds is 6. The Kier molecular flexibility index (Phi) is 5.23. The number of sulfonamides is 1. The van der Waals surface area contributed by atoms with Crippen molar-refractivity contribution in [2.24, 2.45) is 0 Å². The van der Waals surface area contributed by atoms with Gasteiger partial charge in [-0.25, -0.2) is 22.5 Å². The summed E-state index contributed by atoms with van der Waals surface area (Å²) in [7, 11) is -3.71. The topological polar surface area (TPSA) is 98.9 Å². The minimum absolute atomic E-state index is 0.0304. The van der Waals surface area contributed by atoms with Crippen LogP contribution < -0.4 is 10.3 Å². The van der Waals surface area contributed by atoms with Crippen LogP contribution in [0.3, 0.4) is 0 Å². The summed E-state index contributed by atoms with van der Waals surface area (Å²) in [6.45, 7) is 3.90. The molecular weight excluding hydrogens is 402 g/mol. The first-order chi connectivity index (χ1) is 14.3. The maximum atomic E-state index is 12.7. The molecule has 0 aliphatic carbocycles. The Morgan fingerprint density at radius 2 is 1.70 bits per heavy atom. The Morgan fingerprint density at radius 3 is 2.43 bits per heavy atom. The van der Waals surface area contributed by atoms with Crippen LogP contribution in [0.1, 0.15) is 11.4 Å². The van der Waals surface area contributed by atoms with Gasteiger partial charge in [-0.1, -0.05) is 30.3 Å². The van der Waals surface area contributed by atoms with Gasteiger partial charge in [0.05, 0.1) is 17.1 Å². The van der Waals surface area contributed by atoms with Gasteiger partial charge < -0.3 is 0 Å². The number of fused-ring (bicyclic) bond motifs is 1. The van der Waals surface area contributed by atoms with Crippen LogP contribution in [-0.2, 0) is 16.6 Å². The lowest BCUT2D eigenvalue weighted by molar-refractivity contribution is 0.541. The van der Waals surface area contributed by atoms with Crippen LogP contribution in [0.4, 0.5) is 0 Å². The zero-order valence-electron chi connectivity index (χ0n) is 16.6. The van der Waals surface area contributed by atoms with Gasteiger partial charge in [0.15, 0.2) is 5.82 Å². The van der Waals surface area contributed by atoms with Gasteiger partial charge in [0.2, 0.25) is 10.0 Å². The molecule has 1 N–H and O–H groups in total. The normalized spacial score (nSPS) is 11.8. The molecule has 0 aliphatic rings. The average molecular weight is 423 g/mol. The van der Waals surface area contributed by atoms with Crippen molar-refractivity contribution in [2.45, 2.75) is 25.3 Å². The zero-order chi connectivity index (χ0) is 21.3. The van der Waals surface area contributed by atoms with E-state index in [0.717, 1.165) is 22.2 Å². The quantitative estimate of drug-likeness (QED) is 0.512. The van der Waals surface area contributed by atoms with E-state index >= 15 is 0 Å². The van der Waals surface area contributed by atoms with E-state index in [1.807, 2.05) is 44.2 Å². The highest BCUT2D eigenvalue weighted by atomic mass is 32.2. The number of nitrogens with zero attached hydrogens (tertiary/aromatic N) is 4. The molecule has 2 aromatic heterocycles. The fraction of sp³-hybridized carbons (Fsp3) is 0.190. The van der Waals surface area contributed by atoms with Crippen LogP contribution in [-0.4, -0.2) is 34.5 Å². The van der Waals surface area contributed by atoms with Gasteiger partial charge in [-0.05, 0) is 48.9 Å². The van der Waals surface area contributed by atoms with Gasteiger partial charge in [-0.15, -0.1) is 5.10 Å². The first-order valence-corrected chi connectivity index (χ1v) is 10.9. The van der Waals surface area contributed by atoms with E-state index in [1.165, 1.54) is 10.7 Å². The van der Waals surface area contributed by atoms with E-state index in [-0.39, 0.29) is 23.5 Å². The average Bonchev–Trinajstić information content (AvgIpc) is 3.07. The summed E-state index contributed by atoms with van der Waals surface area (Å²) in [6, 6.07) is 17.4. The third-order valence-electron chi connectivity index (χ3n) is 4.73. The smallest absolute Gasteiger partial charge is 0.266 e. The second-order valence-electron chi connectivity index (χ2n) is 7.00. The summed E-state index contributed by atoms with van der Waals surface area (Å²) < 4.78 is 30.7. The molecule has 0 spiro atoms. The molecule has 0 fully saturated rings. The number of hydrogen-bond acceptors (Lipinski definition) is 5. The summed E-state index contributed by atoms with van der Waals surface area (Å²) in [5, 5.41) is 10.5. The second-order valence-corrected chi connectivity index (χ2v) is 8.77. The lowest BCUT2D eigenvalue weighted by atomic mass is 10.1. The van der Waals surface area contributed by atoms with Crippen LogP contribution in [0.2, 0.25) is 0 Å². The molecule has 30 heavy (non-hydrogen) atoms. The lowest BCUT2D eigenvalue weighted by Gasteiger charge is -2.10. The largest absolute Gasteiger partial charge is 0.268 e. The number of benzene rings is 2. The third kappa shape index (κ3) is 4.03. The molecule has 9 heteroatoms. The van der Waals surface area contributed by atoms with Crippen molar-refractivity contribution in [3.8, 4) is 5.82 Å². The highest BCUT2D eigenvalue weighted by Crippen LogP contribution is 2.18. The molecule has 2 heterocycles. The molecule has 4 aromatic rings. The predicted molar refractivity (Wildman–Crippen MR) is 114 cm³/mol. The molecule has 0 amide bonds. The molecule has 0 aliphatic heterocycles. The van der Waals surface area contributed by atoms with E-state index in [0.29, 0.717) is 5.82 Å². The standard InChI is InChI=1S/C21H21N5O3S/c1-15-13-16(2)26(23-15)20-9-10-21(27)25(24-20)12-11-22-30(28,29)19-8-7-17-5-3-4-6-18(17)14-19/h3-10,13-14,22H,11-12H2,1-2H3. The summed E-state index contributed by atoms with van der Waals surface area (Å²) in [5.74, 6) is 0.498. The van der Waals surface area contributed by atoms with Crippen LogP contribution in [0.15, 0.2) is 70.4 Å². The summed E-state index contributed by atoms with van der Waals surface area (Å²) in [6.07, 6.45) is 0. The molecule has 154 valence electrons. The van der Waals surface area contributed by atoms with E-state index in [2.05, 4.69) is 14.9 Å². The number of aromatic nitrogens is 4. The second kappa shape index (κ2) is 7.85. The SMILES string of the molecule is Cc1cc(C)n(-c2ccc(=O)n(CCNS(=O)(=O)c3ccc4ccccc4c3)n2)n1. The van der Waals surface area contributed by atoms with Crippen molar-refractivity contribution in [2.75, 3.05) is 6.54 Å². The van der Waals surface area contributed by atoms with Crippen molar-refractivity contribution in [1.29, 1.82) is 0 Å². The van der Waals surface area contributed by atoms with Crippen LogP contribution in [0, 0.1) is 13.8 Å². The van der Waals surface area contributed by atoms with Crippen molar-refractivity contribution in [1.82, 2.24) is 24.3 Å². The first kappa shape index (κ1) is 20.0. The Balaban J connectivity index is 1.51. The van der Waals surface area contributed by atoms with Crippen LogP contribution in [0.25, 0.3) is 16.6 Å². The summed E-state index contributed by atoms with van der Waals surface area (Å²) >= 11 is 0. The van der Waals surface area contributed by atoms with Gasteiger partial charge in [-0.2, -0.15) is 5.10 Å². The molecule has 0 atom stereocenters. The fourth-order valence-corrected chi connectivity index (χ4v) is 4.33. The molecule has 0 saturated carbocycles. The maximum absolute atomic E-state index is 12.7. The van der Waals surface area contributed by atoms with Crippen molar-refractivity contribution < 1.29 is 8.42 Å². The van der Waals surface area contributed by atoms with E-state index in [9.17, 15) is 13.2 Å². The molecule has 4 rings (SSSR count). The zero-order valence-corrected chi connectivity index (χ0v) is 17.4. The monoisotopic (exact) mass is 423 g/mol. The lowest BCUT2D eigenvalue weighted by Crippen LogP contribution is -2.32. The van der Waals surface area contributed by atoms with Gasteiger partial charge in [0.25, 0.3) is 5.56 Å². The molecule has 8 nitrogen and oxygen atoms in total. The maximum Gasteiger partial charge on any atom is 0.266 e. The highest BCUT2D eigenvalue weighted by Gasteiger charge is 2.14. The van der Waals surface area contributed by atoms with Crippen molar-refractivity contribution >= 4 is 20.8 Å². The highest BCUT2D eigenvalue weighted by molar-refractivity contribution is 7.89. The minimum atomic E-state index is -3.71. The molecular formula is C21H21N5O3S. The first-order valence-electron chi connectivity index (χ1n) is 9.44. The van der Waals surface area contributed by atoms with E-state index < -0.39 is 10.0 Å². The number of aryl methyl sites for hydroxylation is 2. The molecule has 0 unspecified atom stereocenters. The molecule has 0 bridgehead atoms. The third-order valence-corrected chi connectivity index (χ3v) is 6.18.